The van der Waals surface area contributed by atoms with Crippen LogP contribution in [0.3, 0.4) is 0 Å². The molecule has 0 saturated carbocycles. The number of aromatic nitrogens is 3. The number of halogens is 1. The van der Waals surface area contributed by atoms with Crippen LogP contribution in [0, 0.1) is 5.82 Å². The van der Waals surface area contributed by atoms with Crippen LogP contribution in [-0.4, -0.2) is 48.9 Å². The first kappa shape index (κ1) is 22.6. The molecule has 3 rings (SSSR count). The Hall–Kier alpha value is -3.11. The molecule has 31 heavy (non-hydrogen) atoms. The third-order valence-corrected chi connectivity index (χ3v) is 4.80. The second kappa shape index (κ2) is 11.3. The molecule has 0 saturated heterocycles. The summed E-state index contributed by atoms with van der Waals surface area (Å²) in [7, 11) is -2.42. The Bertz CT molecular complexity index is 1090. The van der Waals surface area contributed by atoms with E-state index in [1.165, 1.54) is 18.5 Å². The number of ether oxygens (including phenoxy) is 2. The first-order valence-electron chi connectivity index (χ1n) is 9.72. The number of hydrogen-bond acceptors (Lipinski definition) is 8. The van der Waals surface area contributed by atoms with Crippen molar-refractivity contribution in [2.24, 2.45) is 0 Å². The second-order valence-corrected chi connectivity index (χ2v) is 7.56. The highest BCUT2D eigenvalue weighted by molar-refractivity contribution is 7.72. The molecule has 0 radical (unpaired) electrons. The van der Waals surface area contributed by atoms with Crippen LogP contribution in [0.1, 0.15) is 12.5 Å². The summed E-state index contributed by atoms with van der Waals surface area (Å²) in [6, 6.07) is 11.5. The molecule has 0 aliphatic rings. The fourth-order valence-corrected chi connectivity index (χ4v) is 3.24. The molecule has 10 heteroatoms. The molecule has 0 spiro atoms. The van der Waals surface area contributed by atoms with Crippen LogP contribution in [0.25, 0.3) is 11.4 Å². The summed E-state index contributed by atoms with van der Waals surface area (Å²) in [6.45, 7) is 3.10. The van der Waals surface area contributed by atoms with Gasteiger partial charge >= 0.3 is 0 Å². The van der Waals surface area contributed by atoms with Gasteiger partial charge in [-0.3, -0.25) is 0 Å². The molecule has 1 N–H and O–H groups in total. The van der Waals surface area contributed by atoms with Crippen molar-refractivity contribution in [1.82, 2.24) is 15.0 Å². The molecular weight excluding hydrogens is 423 g/mol. The quantitative estimate of drug-likeness (QED) is 0.342. The molecule has 0 aliphatic heterocycles. The third kappa shape index (κ3) is 6.97. The van der Waals surface area contributed by atoms with Crippen LogP contribution < -0.4 is 10.1 Å². The minimum atomic E-state index is -2.42. The Balaban J connectivity index is 1.78. The van der Waals surface area contributed by atoms with Crippen molar-refractivity contribution >= 4 is 22.3 Å². The van der Waals surface area contributed by atoms with Gasteiger partial charge in [-0.05, 0) is 43.2 Å². The van der Waals surface area contributed by atoms with Crippen LogP contribution in [0.15, 0.2) is 48.8 Å². The van der Waals surface area contributed by atoms with E-state index in [-0.39, 0.29) is 12.4 Å². The topological polar surface area (TPSA) is 103 Å². The molecule has 0 amide bonds. The normalized spacial score (nSPS) is 10.9. The first-order valence-corrected chi connectivity index (χ1v) is 11.1. The van der Waals surface area contributed by atoms with Gasteiger partial charge in [-0.25, -0.2) is 22.8 Å². The monoisotopic (exact) mass is 446 g/mol. The van der Waals surface area contributed by atoms with Crippen LogP contribution >= 0.6 is 0 Å². The van der Waals surface area contributed by atoms with E-state index in [0.717, 1.165) is 5.56 Å². The maximum Gasteiger partial charge on any atom is 0.230 e. The average molecular weight is 447 g/mol. The number of aryl methyl sites for hydroxylation is 1. The summed E-state index contributed by atoms with van der Waals surface area (Å²) >= 11 is 0. The fourth-order valence-electron chi connectivity index (χ4n) is 2.80. The highest BCUT2D eigenvalue weighted by Gasteiger charge is 2.12. The highest BCUT2D eigenvalue weighted by atomic mass is 32.2. The van der Waals surface area contributed by atoms with Gasteiger partial charge < -0.3 is 14.8 Å². The lowest BCUT2D eigenvalue weighted by atomic mass is 10.1. The van der Waals surface area contributed by atoms with Gasteiger partial charge in [-0.1, -0.05) is 12.1 Å². The number of rotatable bonds is 11. The van der Waals surface area contributed by atoms with E-state index in [0.29, 0.717) is 48.4 Å². The van der Waals surface area contributed by atoms with Crippen molar-refractivity contribution in [3.63, 3.8) is 0 Å². The summed E-state index contributed by atoms with van der Waals surface area (Å²) in [6.07, 6.45) is 1.78. The molecule has 0 fully saturated rings. The van der Waals surface area contributed by atoms with E-state index in [1.807, 2.05) is 31.2 Å². The van der Waals surface area contributed by atoms with Crippen LogP contribution in [0.5, 0.6) is 5.75 Å². The molecule has 0 atom stereocenters. The standard InChI is InChI=1S/C21H23FN4O4S/c1-2-29-9-10-30-19-13-16(22)6-7-18(19)20-23-14-24-21(26-20)25-17-5-3-4-15(12-17)8-11-31(27)28/h3-7,12-14,31H,2,8-11H2,1H3,(H,23,24,25,26). The van der Waals surface area contributed by atoms with E-state index in [1.54, 1.807) is 6.07 Å². The zero-order valence-electron chi connectivity index (χ0n) is 17.0. The number of nitrogens with zero attached hydrogens (tertiary/aromatic N) is 3. The molecule has 3 aromatic rings. The SMILES string of the molecule is CCOCCOc1cc(F)ccc1-c1ncnc(Nc2cccc(CC[SH](=O)=O)c2)n1. The van der Waals surface area contributed by atoms with Gasteiger partial charge in [0.15, 0.2) is 5.82 Å². The summed E-state index contributed by atoms with van der Waals surface area (Å²) < 4.78 is 46.3. The van der Waals surface area contributed by atoms with Gasteiger partial charge in [0.25, 0.3) is 0 Å². The van der Waals surface area contributed by atoms with Crippen molar-refractivity contribution in [2.45, 2.75) is 13.3 Å². The number of hydrogen-bond donors (Lipinski definition) is 2. The predicted molar refractivity (Wildman–Crippen MR) is 116 cm³/mol. The summed E-state index contributed by atoms with van der Waals surface area (Å²) in [4.78, 5) is 12.7. The zero-order valence-corrected chi connectivity index (χ0v) is 17.8. The lowest BCUT2D eigenvalue weighted by Gasteiger charge is -2.12. The number of thiol groups is 1. The molecule has 164 valence electrons. The van der Waals surface area contributed by atoms with E-state index >= 15 is 0 Å². The van der Waals surface area contributed by atoms with Crippen molar-refractivity contribution in [3.05, 3.63) is 60.2 Å². The van der Waals surface area contributed by atoms with Crippen LogP contribution in [-0.2, 0) is 21.9 Å². The van der Waals surface area contributed by atoms with Crippen molar-refractivity contribution in [3.8, 4) is 17.1 Å². The van der Waals surface area contributed by atoms with Crippen LogP contribution in [0.2, 0.25) is 0 Å². The van der Waals surface area contributed by atoms with Crippen molar-refractivity contribution in [2.75, 3.05) is 30.9 Å². The summed E-state index contributed by atoms with van der Waals surface area (Å²) in [5.41, 5.74) is 2.11. The largest absolute Gasteiger partial charge is 0.490 e. The highest BCUT2D eigenvalue weighted by Crippen LogP contribution is 2.29. The van der Waals surface area contributed by atoms with E-state index in [2.05, 4.69) is 20.3 Å². The Kier molecular flexibility index (Phi) is 8.25. The summed E-state index contributed by atoms with van der Waals surface area (Å²) in [5, 5.41) is 3.08. The fraction of sp³-hybridized carbons (Fsp3) is 0.286. The first-order chi connectivity index (χ1) is 15.0. The average Bonchev–Trinajstić information content (AvgIpc) is 2.76. The maximum absolute atomic E-state index is 13.7. The molecule has 1 heterocycles. The minimum absolute atomic E-state index is 0.0886. The summed E-state index contributed by atoms with van der Waals surface area (Å²) in [5.74, 6) is 0.584. The molecule has 0 aliphatic carbocycles. The van der Waals surface area contributed by atoms with Gasteiger partial charge in [0, 0.05) is 18.4 Å². The van der Waals surface area contributed by atoms with Gasteiger partial charge in [0.05, 0.1) is 17.9 Å². The lowest BCUT2D eigenvalue weighted by Crippen LogP contribution is -2.08. The Morgan fingerprint density at radius 2 is 1.97 bits per heavy atom. The van der Waals surface area contributed by atoms with E-state index in [4.69, 9.17) is 9.47 Å². The van der Waals surface area contributed by atoms with Crippen molar-refractivity contribution in [1.29, 1.82) is 0 Å². The van der Waals surface area contributed by atoms with E-state index < -0.39 is 16.5 Å². The number of nitrogens with one attached hydrogen (secondary N) is 1. The second-order valence-electron chi connectivity index (χ2n) is 6.45. The Morgan fingerprint density at radius 1 is 1.10 bits per heavy atom. The molecule has 1 aromatic heterocycles. The van der Waals surface area contributed by atoms with Gasteiger partial charge in [-0.2, -0.15) is 4.98 Å². The van der Waals surface area contributed by atoms with Crippen LogP contribution in [0.4, 0.5) is 16.0 Å². The molecular formula is C21H23FN4O4S. The molecule has 8 nitrogen and oxygen atoms in total. The molecule has 0 unspecified atom stereocenters. The van der Waals surface area contributed by atoms with Gasteiger partial charge in [0.2, 0.25) is 5.95 Å². The number of benzene rings is 2. The maximum atomic E-state index is 13.7. The molecule has 2 aromatic carbocycles. The lowest BCUT2D eigenvalue weighted by molar-refractivity contribution is 0.110. The number of anilines is 2. The minimum Gasteiger partial charge on any atom is -0.490 e. The van der Waals surface area contributed by atoms with E-state index in [9.17, 15) is 12.8 Å². The van der Waals surface area contributed by atoms with Gasteiger partial charge in [0.1, 0.15) is 35.2 Å². The predicted octanol–water partition coefficient (Wildman–Crippen LogP) is 2.99. The third-order valence-electron chi connectivity index (χ3n) is 4.21. The Morgan fingerprint density at radius 3 is 2.77 bits per heavy atom. The smallest absolute Gasteiger partial charge is 0.230 e. The zero-order chi connectivity index (χ0) is 22.1. The molecule has 0 bridgehead atoms. The van der Waals surface area contributed by atoms with Crippen molar-refractivity contribution < 1.29 is 22.3 Å². The van der Waals surface area contributed by atoms with Gasteiger partial charge in [-0.15, -0.1) is 0 Å². The Labute approximate surface area is 181 Å².